The molecule has 0 aliphatic heterocycles. The van der Waals surface area contributed by atoms with Crippen molar-refractivity contribution in [2.45, 2.75) is 6.92 Å². The first kappa shape index (κ1) is 12.1. The van der Waals surface area contributed by atoms with Gasteiger partial charge in [0.05, 0.1) is 6.61 Å². The van der Waals surface area contributed by atoms with Crippen molar-refractivity contribution in [3.8, 4) is 0 Å². The molecule has 0 N–H and O–H groups in total. The van der Waals surface area contributed by atoms with Crippen LogP contribution < -0.4 is 0 Å². The molecule has 0 aromatic heterocycles. The Bertz CT molecular complexity index is 369. The summed E-state index contributed by atoms with van der Waals surface area (Å²) in [7, 11) is 0. The number of ketones is 1. The fraction of sp³-hybridized carbons (Fsp3) is 0.182. The van der Waals surface area contributed by atoms with Crippen LogP contribution in [0.4, 0.5) is 0 Å². The van der Waals surface area contributed by atoms with Gasteiger partial charge >= 0.3 is 0 Å². The summed E-state index contributed by atoms with van der Waals surface area (Å²) < 4.78 is 4.92. The summed E-state index contributed by atoms with van der Waals surface area (Å²) in [6.07, 6.45) is 1.25. The van der Waals surface area contributed by atoms with Crippen LogP contribution in [0, 0.1) is 0 Å². The van der Waals surface area contributed by atoms with Crippen LogP contribution in [0.1, 0.15) is 17.3 Å². The molecule has 0 fully saturated rings. The number of Topliss-reactive ketones (excluding diaryl/α,β-unsaturated/α-hetero) is 1. The van der Waals surface area contributed by atoms with Crippen LogP contribution in [-0.2, 0) is 4.74 Å². The van der Waals surface area contributed by atoms with E-state index in [-0.39, 0.29) is 10.8 Å². The van der Waals surface area contributed by atoms with Crippen molar-refractivity contribution in [3.05, 3.63) is 46.1 Å². The highest BCUT2D eigenvalue weighted by Gasteiger charge is 2.09. The second kappa shape index (κ2) is 5.79. The standard InChI is InChI=1S/C11H10Cl2O2/c1-2-15-7-10(13)11(14)8-3-5-9(12)6-4-8/h3-7H,2H2,1H3/b10-7-. The number of halogens is 2. The first-order valence-corrected chi connectivity index (χ1v) is 5.18. The maximum Gasteiger partial charge on any atom is 0.207 e. The van der Waals surface area contributed by atoms with Crippen molar-refractivity contribution >= 4 is 29.0 Å². The van der Waals surface area contributed by atoms with E-state index >= 15 is 0 Å². The molecular formula is C11H10Cl2O2. The molecule has 0 amide bonds. The lowest BCUT2D eigenvalue weighted by Gasteiger charge is -2.00. The Morgan fingerprint density at radius 2 is 2.00 bits per heavy atom. The van der Waals surface area contributed by atoms with E-state index in [2.05, 4.69) is 0 Å². The Morgan fingerprint density at radius 3 is 2.53 bits per heavy atom. The van der Waals surface area contributed by atoms with Gasteiger partial charge in [-0.2, -0.15) is 0 Å². The fourth-order valence-corrected chi connectivity index (χ4v) is 1.25. The molecule has 1 aromatic carbocycles. The van der Waals surface area contributed by atoms with Crippen LogP contribution in [0.25, 0.3) is 0 Å². The van der Waals surface area contributed by atoms with Gasteiger partial charge in [0.15, 0.2) is 0 Å². The SMILES string of the molecule is CCO/C=C(\Cl)C(=O)c1ccc(Cl)cc1. The van der Waals surface area contributed by atoms with Crippen molar-refractivity contribution in [2.75, 3.05) is 6.61 Å². The van der Waals surface area contributed by atoms with Crippen molar-refractivity contribution < 1.29 is 9.53 Å². The molecule has 0 aliphatic rings. The first-order valence-electron chi connectivity index (χ1n) is 4.42. The van der Waals surface area contributed by atoms with Crippen molar-refractivity contribution in [3.63, 3.8) is 0 Å². The molecule has 1 aromatic rings. The normalized spacial score (nSPS) is 11.3. The summed E-state index contributed by atoms with van der Waals surface area (Å²) >= 11 is 11.4. The average molecular weight is 245 g/mol. The molecule has 0 aliphatic carbocycles. The lowest BCUT2D eigenvalue weighted by atomic mass is 10.1. The van der Waals surface area contributed by atoms with E-state index in [4.69, 9.17) is 27.9 Å². The van der Waals surface area contributed by atoms with E-state index < -0.39 is 0 Å². The Hall–Kier alpha value is -0.990. The van der Waals surface area contributed by atoms with Gasteiger partial charge in [0.25, 0.3) is 0 Å². The van der Waals surface area contributed by atoms with Crippen LogP contribution in [0.5, 0.6) is 0 Å². The molecular weight excluding hydrogens is 235 g/mol. The Labute approximate surface area is 98.4 Å². The highest BCUT2D eigenvalue weighted by molar-refractivity contribution is 6.45. The number of carbonyl (C=O) groups is 1. The minimum absolute atomic E-state index is 0.0548. The summed E-state index contributed by atoms with van der Waals surface area (Å²) in [5, 5.41) is 0.635. The van der Waals surface area contributed by atoms with Crippen molar-refractivity contribution in [1.82, 2.24) is 0 Å². The fourth-order valence-electron chi connectivity index (χ4n) is 0.949. The van der Waals surface area contributed by atoms with Gasteiger partial charge in [-0.3, -0.25) is 4.79 Å². The van der Waals surface area contributed by atoms with E-state index in [1.54, 1.807) is 24.3 Å². The highest BCUT2D eigenvalue weighted by Crippen LogP contribution is 2.15. The van der Waals surface area contributed by atoms with Crippen LogP contribution in [0.2, 0.25) is 5.02 Å². The monoisotopic (exact) mass is 244 g/mol. The molecule has 0 heterocycles. The third-order valence-corrected chi connectivity index (χ3v) is 2.19. The van der Waals surface area contributed by atoms with E-state index in [1.165, 1.54) is 6.26 Å². The summed E-state index contributed by atoms with van der Waals surface area (Å²) in [6.45, 7) is 2.29. The molecule has 0 spiro atoms. The summed E-state index contributed by atoms with van der Waals surface area (Å²) in [6, 6.07) is 6.51. The third kappa shape index (κ3) is 3.57. The minimum atomic E-state index is -0.276. The van der Waals surface area contributed by atoms with Crippen molar-refractivity contribution in [1.29, 1.82) is 0 Å². The predicted molar refractivity (Wildman–Crippen MR) is 61.3 cm³/mol. The quantitative estimate of drug-likeness (QED) is 0.460. The predicted octanol–water partition coefficient (Wildman–Crippen LogP) is 3.64. The minimum Gasteiger partial charge on any atom is -0.500 e. The molecule has 0 atom stereocenters. The van der Waals surface area contributed by atoms with Crippen molar-refractivity contribution in [2.24, 2.45) is 0 Å². The molecule has 0 saturated heterocycles. The first-order chi connectivity index (χ1) is 7.15. The van der Waals surface area contributed by atoms with E-state index in [1.807, 2.05) is 6.92 Å². The number of benzene rings is 1. The van der Waals surface area contributed by atoms with Gasteiger partial charge in [-0.15, -0.1) is 0 Å². The summed E-state index contributed by atoms with van der Waals surface area (Å²) in [4.78, 5) is 11.6. The second-order valence-corrected chi connectivity index (χ2v) is 3.60. The summed E-state index contributed by atoms with van der Waals surface area (Å²) in [5.41, 5.74) is 0.486. The largest absolute Gasteiger partial charge is 0.500 e. The lowest BCUT2D eigenvalue weighted by molar-refractivity contribution is 0.103. The van der Waals surface area contributed by atoms with E-state index in [0.717, 1.165) is 0 Å². The third-order valence-electron chi connectivity index (χ3n) is 1.68. The number of ether oxygens (including phenoxy) is 1. The van der Waals surface area contributed by atoms with Gasteiger partial charge in [0.2, 0.25) is 5.78 Å². The molecule has 15 heavy (non-hydrogen) atoms. The van der Waals surface area contributed by atoms with Gasteiger partial charge in [0.1, 0.15) is 11.3 Å². The van der Waals surface area contributed by atoms with Crippen LogP contribution in [-0.4, -0.2) is 12.4 Å². The smallest absolute Gasteiger partial charge is 0.207 e. The number of carbonyl (C=O) groups excluding carboxylic acids is 1. The molecule has 0 saturated carbocycles. The van der Waals surface area contributed by atoms with Gasteiger partial charge < -0.3 is 4.74 Å². The zero-order valence-corrected chi connectivity index (χ0v) is 9.68. The Kier molecular flexibility index (Phi) is 4.66. The van der Waals surface area contributed by atoms with Gasteiger partial charge in [-0.1, -0.05) is 23.2 Å². The highest BCUT2D eigenvalue weighted by atomic mass is 35.5. The van der Waals surface area contributed by atoms with Gasteiger partial charge in [0, 0.05) is 10.6 Å². The van der Waals surface area contributed by atoms with Gasteiger partial charge in [-0.05, 0) is 31.2 Å². The molecule has 0 unspecified atom stereocenters. The van der Waals surface area contributed by atoms with Crippen LogP contribution in [0.15, 0.2) is 35.6 Å². The average Bonchev–Trinajstić information content (AvgIpc) is 2.26. The number of allylic oxidation sites excluding steroid dienone is 1. The van der Waals surface area contributed by atoms with Crippen LogP contribution >= 0.6 is 23.2 Å². The maximum absolute atomic E-state index is 11.6. The molecule has 0 radical (unpaired) electrons. The maximum atomic E-state index is 11.6. The zero-order chi connectivity index (χ0) is 11.3. The molecule has 80 valence electrons. The van der Waals surface area contributed by atoms with E-state index in [0.29, 0.717) is 17.2 Å². The second-order valence-electron chi connectivity index (χ2n) is 2.76. The van der Waals surface area contributed by atoms with Gasteiger partial charge in [-0.25, -0.2) is 0 Å². The number of hydrogen-bond donors (Lipinski definition) is 0. The summed E-state index contributed by atoms with van der Waals surface area (Å²) in [5.74, 6) is -0.276. The molecule has 2 nitrogen and oxygen atoms in total. The molecule has 1 rings (SSSR count). The Balaban J connectivity index is 2.80. The molecule has 0 bridgehead atoms. The Morgan fingerprint density at radius 1 is 1.40 bits per heavy atom. The topological polar surface area (TPSA) is 26.3 Å². The van der Waals surface area contributed by atoms with E-state index in [9.17, 15) is 4.79 Å². The number of hydrogen-bond acceptors (Lipinski definition) is 2. The zero-order valence-electron chi connectivity index (χ0n) is 8.17. The lowest BCUT2D eigenvalue weighted by Crippen LogP contribution is -1.99. The van der Waals surface area contributed by atoms with Crippen LogP contribution in [0.3, 0.4) is 0 Å². The number of rotatable bonds is 4. The molecule has 4 heteroatoms.